The predicted molar refractivity (Wildman–Crippen MR) is 47.1 cm³/mol. The highest BCUT2D eigenvalue weighted by molar-refractivity contribution is 7.71. The van der Waals surface area contributed by atoms with Crippen LogP contribution in [0, 0.1) is 10.7 Å². The number of aromatic amines is 1. The molecule has 1 fully saturated rings. The molecular formula is C8H12N2S. The first kappa shape index (κ1) is 7.10. The summed E-state index contributed by atoms with van der Waals surface area (Å²) in [6.45, 7) is 2.28. The molecule has 0 amide bonds. The van der Waals surface area contributed by atoms with Crippen molar-refractivity contribution in [1.29, 1.82) is 0 Å². The normalized spacial score (nSPS) is 29.9. The van der Waals surface area contributed by atoms with Crippen LogP contribution in [0.1, 0.15) is 25.8 Å². The molecule has 0 saturated heterocycles. The highest BCUT2D eigenvalue weighted by Gasteiger charge is 2.28. The SMILES string of the molecule is CC1CCC1n1cc[nH]c1=S. The molecule has 0 aliphatic heterocycles. The van der Waals surface area contributed by atoms with Crippen LogP contribution in [0.3, 0.4) is 0 Å². The number of nitrogens with zero attached hydrogens (tertiary/aromatic N) is 1. The first-order valence-corrected chi connectivity index (χ1v) is 4.45. The minimum atomic E-state index is 0.661. The fourth-order valence-corrected chi connectivity index (χ4v) is 1.92. The molecule has 11 heavy (non-hydrogen) atoms. The Morgan fingerprint density at radius 1 is 1.64 bits per heavy atom. The lowest BCUT2D eigenvalue weighted by Crippen LogP contribution is -2.26. The van der Waals surface area contributed by atoms with Gasteiger partial charge in [0.2, 0.25) is 0 Å². The van der Waals surface area contributed by atoms with Gasteiger partial charge in [-0.15, -0.1) is 0 Å². The van der Waals surface area contributed by atoms with Crippen LogP contribution in [0.5, 0.6) is 0 Å². The molecule has 1 heterocycles. The second kappa shape index (κ2) is 2.48. The summed E-state index contributed by atoms with van der Waals surface area (Å²) in [4.78, 5) is 3.02. The zero-order chi connectivity index (χ0) is 7.84. The summed E-state index contributed by atoms with van der Waals surface area (Å²) in [6.07, 6.45) is 6.58. The number of hydrogen-bond acceptors (Lipinski definition) is 1. The van der Waals surface area contributed by atoms with Gasteiger partial charge < -0.3 is 9.55 Å². The monoisotopic (exact) mass is 168 g/mol. The van der Waals surface area contributed by atoms with Gasteiger partial charge in [-0.2, -0.15) is 0 Å². The molecule has 0 bridgehead atoms. The smallest absolute Gasteiger partial charge is 0.177 e. The molecule has 0 aromatic carbocycles. The van der Waals surface area contributed by atoms with Crippen LogP contribution >= 0.6 is 12.2 Å². The molecule has 0 radical (unpaired) electrons. The van der Waals surface area contributed by atoms with Gasteiger partial charge in [0.15, 0.2) is 4.77 Å². The zero-order valence-electron chi connectivity index (χ0n) is 6.58. The van der Waals surface area contributed by atoms with Crippen molar-refractivity contribution in [2.24, 2.45) is 5.92 Å². The van der Waals surface area contributed by atoms with Gasteiger partial charge in [-0.05, 0) is 31.0 Å². The Labute approximate surface area is 71.2 Å². The third-order valence-electron chi connectivity index (χ3n) is 2.61. The van der Waals surface area contributed by atoms with Crippen molar-refractivity contribution in [2.75, 3.05) is 0 Å². The van der Waals surface area contributed by atoms with Gasteiger partial charge in [-0.3, -0.25) is 0 Å². The largest absolute Gasteiger partial charge is 0.337 e. The van der Waals surface area contributed by atoms with Gasteiger partial charge in [0.1, 0.15) is 0 Å². The van der Waals surface area contributed by atoms with Crippen molar-refractivity contribution in [1.82, 2.24) is 9.55 Å². The average molecular weight is 168 g/mol. The van der Waals surface area contributed by atoms with Crippen LogP contribution in [0.15, 0.2) is 12.4 Å². The van der Waals surface area contributed by atoms with Crippen molar-refractivity contribution in [3.05, 3.63) is 17.2 Å². The van der Waals surface area contributed by atoms with Crippen molar-refractivity contribution in [2.45, 2.75) is 25.8 Å². The Hall–Kier alpha value is -0.570. The summed E-state index contributed by atoms with van der Waals surface area (Å²) in [5.74, 6) is 0.803. The molecule has 1 aromatic heterocycles. The fraction of sp³-hybridized carbons (Fsp3) is 0.625. The Bertz CT molecular complexity index is 299. The summed E-state index contributed by atoms with van der Waals surface area (Å²) >= 11 is 5.12. The number of hydrogen-bond donors (Lipinski definition) is 1. The molecule has 1 aliphatic rings. The van der Waals surface area contributed by atoms with Crippen LogP contribution < -0.4 is 0 Å². The first-order valence-electron chi connectivity index (χ1n) is 4.04. The van der Waals surface area contributed by atoms with E-state index in [0.717, 1.165) is 10.7 Å². The first-order chi connectivity index (χ1) is 5.29. The van der Waals surface area contributed by atoms with E-state index in [2.05, 4.69) is 16.5 Å². The van der Waals surface area contributed by atoms with Gasteiger partial charge in [0.05, 0.1) is 0 Å². The van der Waals surface area contributed by atoms with Crippen LogP contribution in [0.4, 0.5) is 0 Å². The van der Waals surface area contributed by atoms with Crippen molar-refractivity contribution in [3.8, 4) is 0 Å². The molecule has 2 unspecified atom stereocenters. The lowest BCUT2D eigenvalue weighted by Gasteiger charge is -2.34. The van der Waals surface area contributed by atoms with Crippen molar-refractivity contribution < 1.29 is 0 Å². The van der Waals surface area contributed by atoms with E-state index in [1.54, 1.807) is 0 Å². The third-order valence-corrected chi connectivity index (χ3v) is 2.94. The van der Waals surface area contributed by atoms with E-state index in [9.17, 15) is 0 Å². The molecule has 2 atom stereocenters. The van der Waals surface area contributed by atoms with Gasteiger partial charge in [-0.1, -0.05) is 6.92 Å². The van der Waals surface area contributed by atoms with E-state index >= 15 is 0 Å². The Balaban J connectivity index is 2.29. The number of nitrogens with one attached hydrogen (secondary N) is 1. The summed E-state index contributed by atoms with van der Waals surface area (Å²) in [6, 6.07) is 0.661. The molecular weight excluding hydrogens is 156 g/mol. The maximum atomic E-state index is 5.12. The minimum absolute atomic E-state index is 0.661. The standard InChI is InChI=1S/C8H12N2S/c1-6-2-3-7(6)10-5-4-9-8(10)11/h4-7H,2-3H2,1H3,(H,9,11). The third kappa shape index (κ3) is 1.03. The summed E-state index contributed by atoms with van der Waals surface area (Å²) in [7, 11) is 0. The highest BCUT2D eigenvalue weighted by Crippen LogP contribution is 2.37. The van der Waals surface area contributed by atoms with Crippen LogP contribution in [-0.4, -0.2) is 9.55 Å². The number of H-pyrrole nitrogens is 1. The molecule has 0 spiro atoms. The van der Waals surface area contributed by atoms with Gasteiger partial charge >= 0.3 is 0 Å². The molecule has 1 saturated carbocycles. The van der Waals surface area contributed by atoms with E-state index in [0.29, 0.717) is 6.04 Å². The summed E-state index contributed by atoms with van der Waals surface area (Å²) < 4.78 is 3.03. The van der Waals surface area contributed by atoms with Crippen LogP contribution in [0.25, 0.3) is 0 Å². The van der Waals surface area contributed by atoms with Crippen LogP contribution in [-0.2, 0) is 0 Å². The zero-order valence-corrected chi connectivity index (χ0v) is 7.40. The van der Waals surface area contributed by atoms with Gasteiger partial charge in [0, 0.05) is 18.4 Å². The molecule has 60 valence electrons. The molecule has 1 N–H and O–H groups in total. The van der Waals surface area contributed by atoms with Gasteiger partial charge in [0.25, 0.3) is 0 Å². The maximum Gasteiger partial charge on any atom is 0.177 e. The summed E-state index contributed by atoms with van der Waals surface area (Å²) in [5.41, 5.74) is 0. The predicted octanol–water partition coefficient (Wildman–Crippen LogP) is 2.52. The Morgan fingerprint density at radius 3 is 2.82 bits per heavy atom. The van der Waals surface area contributed by atoms with E-state index in [1.807, 2.05) is 12.4 Å². The molecule has 3 heteroatoms. The lowest BCUT2D eigenvalue weighted by atomic mass is 9.81. The van der Waals surface area contributed by atoms with Crippen LogP contribution in [0.2, 0.25) is 0 Å². The topological polar surface area (TPSA) is 20.7 Å². The van der Waals surface area contributed by atoms with Crippen molar-refractivity contribution in [3.63, 3.8) is 0 Å². The second-order valence-electron chi connectivity index (χ2n) is 3.29. The quantitative estimate of drug-likeness (QED) is 0.639. The fourth-order valence-electron chi connectivity index (χ4n) is 1.65. The summed E-state index contributed by atoms with van der Waals surface area (Å²) in [5, 5.41) is 0. The van der Waals surface area contributed by atoms with Gasteiger partial charge in [-0.25, -0.2) is 0 Å². The van der Waals surface area contributed by atoms with E-state index in [4.69, 9.17) is 12.2 Å². The van der Waals surface area contributed by atoms with E-state index in [-0.39, 0.29) is 0 Å². The lowest BCUT2D eigenvalue weighted by molar-refractivity contribution is 0.199. The number of rotatable bonds is 1. The van der Waals surface area contributed by atoms with E-state index in [1.165, 1.54) is 12.8 Å². The molecule has 2 nitrogen and oxygen atoms in total. The molecule has 1 aromatic rings. The Morgan fingerprint density at radius 2 is 2.45 bits per heavy atom. The minimum Gasteiger partial charge on any atom is -0.337 e. The Kier molecular flexibility index (Phi) is 1.60. The number of imidazole rings is 1. The number of aromatic nitrogens is 2. The van der Waals surface area contributed by atoms with E-state index < -0.39 is 0 Å². The molecule has 1 aliphatic carbocycles. The highest BCUT2D eigenvalue weighted by atomic mass is 32.1. The second-order valence-corrected chi connectivity index (χ2v) is 3.68. The average Bonchev–Trinajstić information content (AvgIpc) is 2.34. The van der Waals surface area contributed by atoms with Crippen molar-refractivity contribution >= 4 is 12.2 Å². The maximum absolute atomic E-state index is 5.12. The molecule has 2 rings (SSSR count).